The number of benzene rings is 7. The number of halogens is 3. The highest BCUT2D eigenvalue weighted by atomic mass is 32.1. The molecule has 6 nitrogen and oxygen atoms in total. The van der Waals surface area contributed by atoms with Gasteiger partial charge in [0.25, 0.3) is 0 Å². The summed E-state index contributed by atoms with van der Waals surface area (Å²) in [6, 6.07) is 62.5. The molecular weight excluding hydrogens is 899 g/mol. The van der Waals surface area contributed by atoms with Gasteiger partial charge in [0.05, 0.1) is 32.4 Å². The maximum atomic E-state index is 17.5. The summed E-state index contributed by atoms with van der Waals surface area (Å²) in [5.74, 6) is 0. The third-order valence-corrected chi connectivity index (χ3v) is 14.6. The van der Waals surface area contributed by atoms with Crippen molar-refractivity contribution in [2.45, 2.75) is 13.1 Å². The van der Waals surface area contributed by atoms with Gasteiger partial charge in [0.15, 0.2) is 0 Å². The van der Waals surface area contributed by atoms with Crippen molar-refractivity contribution in [2.24, 2.45) is 0 Å². The van der Waals surface area contributed by atoms with Crippen LogP contribution >= 0.6 is 22.7 Å². The quantitative estimate of drug-likeness (QED) is 0.107. The van der Waals surface area contributed by atoms with Gasteiger partial charge in [-0.2, -0.15) is 18.4 Å². The highest BCUT2D eigenvalue weighted by Crippen LogP contribution is 2.41. The minimum atomic E-state index is -5.08. The third-order valence-electron chi connectivity index (χ3n) is 12.5. The second-order valence-electron chi connectivity index (χ2n) is 16.6. The van der Waals surface area contributed by atoms with Crippen LogP contribution in [0.2, 0.25) is 0 Å². The molecule has 69 heavy (non-hydrogen) atoms. The second-order valence-corrected chi connectivity index (χ2v) is 18.6. The smallest absolute Gasteiger partial charge is 0.384 e. The molecule has 7 aromatic carbocycles. The van der Waals surface area contributed by atoms with Crippen LogP contribution in [0.3, 0.4) is 0 Å². The number of nitrogens with zero attached hydrogens (tertiary/aromatic N) is 6. The van der Waals surface area contributed by atoms with Crippen LogP contribution in [0.4, 0.5) is 13.2 Å². The summed E-state index contributed by atoms with van der Waals surface area (Å²) in [7, 11) is 0. The molecule has 11 rings (SSSR count). The van der Waals surface area contributed by atoms with E-state index in [1.54, 1.807) is 0 Å². The Kier molecular flexibility index (Phi) is 11.2. The number of para-hydroxylation sites is 2. The summed E-state index contributed by atoms with van der Waals surface area (Å²) in [6.07, 6.45) is -5.08. The fraction of sp³-hybridized carbons (Fsp3) is 0.0357. The van der Waals surface area contributed by atoms with Gasteiger partial charge in [-0.25, -0.2) is 14.8 Å². The van der Waals surface area contributed by atoms with Gasteiger partial charge in [-0.3, -0.25) is 0 Å². The molecule has 11 aromatic rings. The Morgan fingerprint density at radius 1 is 0.565 bits per heavy atom. The van der Waals surface area contributed by atoms with Crippen LogP contribution in [0.25, 0.3) is 58.6 Å². The maximum absolute atomic E-state index is 17.5. The fourth-order valence-corrected chi connectivity index (χ4v) is 11.6. The highest BCUT2D eigenvalue weighted by molar-refractivity contribution is 7.20. The summed E-state index contributed by atoms with van der Waals surface area (Å²) in [4.78, 5) is 14.2. The predicted octanol–water partition coefficient (Wildman–Crippen LogP) is 9.76. The molecule has 0 N–H and O–H groups in total. The average Bonchev–Trinajstić information content (AvgIpc) is 4.16. The van der Waals surface area contributed by atoms with Gasteiger partial charge in [-0.15, -0.1) is 22.7 Å². The molecule has 0 spiro atoms. The van der Waals surface area contributed by atoms with Gasteiger partial charge in [0, 0.05) is 27.4 Å². The third kappa shape index (κ3) is 7.53. The summed E-state index contributed by atoms with van der Waals surface area (Å²) >= 11 is 2.51. The van der Waals surface area contributed by atoms with E-state index < -0.39 is 25.6 Å². The van der Waals surface area contributed by atoms with E-state index in [0.29, 0.717) is 33.2 Å². The molecule has 0 fully saturated rings. The number of aryl methyl sites for hydroxylation is 1. The molecular formula is C56H35B2F3N6S2. The lowest BCUT2D eigenvalue weighted by Gasteiger charge is -2.25. The molecule has 0 saturated carbocycles. The normalized spacial score (nSPS) is 12.5. The van der Waals surface area contributed by atoms with Crippen LogP contribution in [0.1, 0.15) is 21.3 Å². The van der Waals surface area contributed by atoms with Crippen LogP contribution in [-0.4, -0.2) is 32.6 Å². The lowest BCUT2D eigenvalue weighted by atomic mass is 9.50. The van der Waals surface area contributed by atoms with Crippen molar-refractivity contribution in [3.05, 3.63) is 238 Å². The van der Waals surface area contributed by atoms with Gasteiger partial charge in [-0.1, -0.05) is 192 Å². The van der Waals surface area contributed by atoms with Crippen molar-refractivity contribution in [3.8, 4) is 17.3 Å². The van der Waals surface area contributed by atoms with E-state index in [9.17, 15) is 5.26 Å². The Hall–Kier alpha value is -8.22. The van der Waals surface area contributed by atoms with Crippen LogP contribution in [-0.2, 0) is 6.18 Å². The lowest BCUT2D eigenvalue weighted by Crippen LogP contribution is -2.55. The molecule has 0 aliphatic heterocycles. The number of fused-ring (bicyclic) bond motifs is 3. The Morgan fingerprint density at radius 3 is 1.46 bits per heavy atom. The Balaban J connectivity index is 1.52. The van der Waals surface area contributed by atoms with E-state index in [0.717, 1.165) is 25.9 Å². The van der Waals surface area contributed by atoms with Crippen LogP contribution in [0.15, 0.2) is 194 Å². The molecule has 13 heteroatoms. The van der Waals surface area contributed by atoms with Crippen molar-refractivity contribution >= 4 is 101 Å². The van der Waals surface area contributed by atoms with Gasteiger partial charge < -0.3 is 8.96 Å². The monoisotopic (exact) mass is 934 g/mol. The van der Waals surface area contributed by atoms with Gasteiger partial charge in [0.2, 0.25) is 5.70 Å². The Labute approximate surface area is 403 Å². The number of nitriles is 1. The minimum Gasteiger partial charge on any atom is -0.384 e. The molecule has 0 aliphatic rings. The fourth-order valence-electron chi connectivity index (χ4n) is 9.66. The Bertz CT molecular complexity index is 3700. The van der Waals surface area contributed by atoms with Gasteiger partial charge >= 0.3 is 19.9 Å². The van der Waals surface area contributed by atoms with Crippen molar-refractivity contribution < 1.29 is 13.2 Å². The largest absolute Gasteiger partial charge is 0.430 e. The molecule has 0 amide bonds. The predicted molar refractivity (Wildman–Crippen MR) is 277 cm³/mol. The number of rotatable bonds is 9. The number of thiazole rings is 2. The van der Waals surface area contributed by atoms with E-state index in [1.165, 1.54) is 27.2 Å². The van der Waals surface area contributed by atoms with Crippen LogP contribution in [0.5, 0.6) is 0 Å². The maximum Gasteiger partial charge on any atom is 0.430 e. The molecule has 4 aromatic heterocycles. The SMILES string of the molecule is [C-]#[N+]/C(c1nc2ccccc2s1)=c1\c2c(C(F)(F)F)n(B(c3ccccc3)c3ccccc3)/c(=C(/C#N)c3nc4ccccc4s3)c2c(-c2ccccc2C)n1B(c1ccccc1)c1ccccc1. The van der Waals surface area contributed by atoms with E-state index in [2.05, 4.69) is 10.9 Å². The number of hydrogen-bond acceptors (Lipinski definition) is 5. The minimum absolute atomic E-state index is 0.0309. The summed E-state index contributed by atoms with van der Waals surface area (Å²) in [6.45, 7) is 9.16. The molecule has 0 bridgehead atoms. The summed E-state index contributed by atoms with van der Waals surface area (Å²) in [5.41, 5.74) is 4.63. The molecule has 0 atom stereocenters. The van der Waals surface area contributed by atoms with E-state index in [1.807, 2.05) is 206 Å². The number of alkyl halides is 3. The van der Waals surface area contributed by atoms with Crippen molar-refractivity contribution in [1.82, 2.24) is 18.9 Å². The zero-order chi connectivity index (χ0) is 47.2. The van der Waals surface area contributed by atoms with Crippen molar-refractivity contribution in [2.75, 3.05) is 0 Å². The highest BCUT2D eigenvalue weighted by Gasteiger charge is 2.45. The van der Waals surface area contributed by atoms with Crippen LogP contribution in [0, 0.1) is 24.8 Å². The average molecular weight is 935 g/mol. The first-order valence-corrected chi connectivity index (χ1v) is 23.8. The van der Waals surface area contributed by atoms with Gasteiger partial charge in [0.1, 0.15) is 27.4 Å². The van der Waals surface area contributed by atoms with Crippen molar-refractivity contribution in [3.63, 3.8) is 0 Å². The zero-order valence-corrected chi connectivity index (χ0v) is 38.4. The topological polar surface area (TPSA) is 63.8 Å². The number of hydrogen-bond donors (Lipinski definition) is 0. The molecule has 328 valence electrons. The van der Waals surface area contributed by atoms with E-state index in [4.69, 9.17) is 16.5 Å². The number of aromatic nitrogens is 4. The summed E-state index contributed by atoms with van der Waals surface area (Å²) < 4.78 is 57.2. The van der Waals surface area contributed by atoms with Crippen LogP contribution < -0.4 is 32.5 Å². The molecule has 0 unspecified atom stereocenters. The van der Waals surface area contributed by atoms with E-state index in [-0.39, 0.29) is 42.8 Å². The molecule has 0 saturated heterocycles. The van der Waals surface area contributed by atoms with E-state index >= 15 is 13.2 Å². The first-order valence-electron chi connectivity index (χ1n) is 22.1. The molecule has 0 radical (unpaired) electrons. The van der Waals surface area contributed by atoms with Crippen molar-refractivity contribution in [1.29, 1.82) is 5.26 Å². The summed E-state index contributed by atoms with van der Waals surface area (Å²) in [5, 5.41) is 12.3. The standard InChI is InChI=1S/C56H35B2F3N6S2/c1-36-21-15-16-30-41(36)50-47-48(52(49(63-2)55-65-44-32-18-20-34-46(44)69-55)66(50)57(37-22-7-3-8-23-37)38-24-9-4-10-25-38)53(56(59,60)61)67(58(39-26-11-5-12-27-39)40-28-13-6-14-29-40)51(47)42(35-62)54-64-43-31-17-19-33-45(43)68-54/h3-34H,1H3/b51-42-,52-49+. The zero-order valence-electron chi connectivity index (χ0n) is 36.8. The second kappa shape index (κ2) is 17.8. The van der Waals surface area contributed by atoms with Gasteiger partial charge in [-0.05, 0) is 36.8 Å². The molecule has 0 aliphatic carbocycles. The first kappa shape index (κ1) is 43.4. The Morgan fingerprint density at radius 2 is 1.00 bits per heavy atom. The lowest BCUT2D eigenvalue weighted by molar-refractivity contribution is -0.140. The molecule has 4 heterocycles. The first-order chi connectivity index (χ1) is 33.7.